The van der Waals surface area contributed by atoms with Crippen LogP contribution in [0.2, 0.25) is 0 Å². The second-order valence-corrected chi connectivity index (χ2v) is 5.60. The number of nitrogens with two attached hydrogens (primary N) is 1. The van der Waals surface area contributed by atoms with Crippen LogP contribution in [0.5, 0.6) is 5.75 Å². The molecule has 0 bridgehead atoms. The fourth-order valence-corrected chi connectivity index (χ4v) is 2.69. The van der Waals surface area contributed by atoms with Crippen LogP contribution in [0.4, 0.5) is 0 Å². The van der Waals surface area contributed by atoms with Gasteiger partial charge in [-0.05, 0) is 45.0 Å². The highest BCUT2D eigenvalue weighted by Gasteiger charge is 2.18. The number of thiocarbonyl (C=S) groups is 1. The maximum Gasteiger partial charge on any atom is 0.119 e. The quantitative estimate of drug-likeness (QED) is 0.840. The second-order valence-electron chi connectivity index (χ2n) is 5.16. The van der Waals surface area contributed by atoms with Crippen LogP contribution in [-0.2, 0) is 0 Å². The Labute approximate surface area is 120 Å². The van der Waals surface area contributed by atoms with Crippen LogP contribution < -0.4 is 10.5 Å². The van der Waals surface area contributed by atoms with Gasteiger partial charge in [0, 0.05) is 11.6 Å². The molecule has 0 amide bonds. The molecule has 1 aliphatic rings. The molecule has 0 aromatic heterocycles. The first kappa shape index (κ1) is 14.3. The first-order valence-electron chi connectivity index (χ1n) is 6.90. The van der Waals surface area contributed by atoms with Gasteiger partial charge in [-0.15, -0.1) is 0 Å². The molecular formula is C15H22N2OS. The Morgan fingerprint density at radius 2 is 2.32 bits per heavy atom. The average molecular weight is 278 g/mol. The molecule has 0 aliphatic carbocycles. The molecule has 1 aromatic rings. The molecular weight excluding hydrogens is 256 g/mol. The predicted octanol–water partition coefficient (Wildman–Crippen LogP) is 2.57. The minimum atomic E-state index is 0.414. The first-order chi connectivity index (χ1) is 9.16. The van der Waals surface area contributed by atoms with E-state index in [4.69, 9.17) is 22.7 Å². The van der Waals surface area contributed by atoms with Gasteiger partial charge in [0.15, 0.2) is 0 Å². The molecule has 2 N–H and O–H groups in total. The van der Waals surface area contributed by atoms with E-state index in [9.17, 15) is 0 Å². The number of benzene rings is 1. The van der Waals surface area contributed by atoms with Crippen LogP contribution in [-0.4, -0.2) is 36.1 Å². The lowest BCUT2D eigenvalue weighted by Crippen LogP contribution is -2.37. The fraction of sp³-hybridized carbons (Fsp3) is 0.533. The molecule has 1 unspecified atom stereocenters. The maximum absolute atomic E-state index is 5.81. The van der Waals surface area contributed by atoms with Crippen molar-refractivity contribution in [1.29, 1.82) is 0 Å². The van der Waals surface area contributed by atoms with Gasteiger partial charge in [-0.2, -0.15) is 0 Å². The highest BCUT2D eigenvalue weighted by atomic mass is 32.1. The van der Waals surface area contributed by atoms with E-state index in [1.165, 1.54) is 25.8 Å². The number of rotatable bonds is 5. The lowest BCUT2D eigenvalue weighted by Gasteiger charge is -2.32. The third-order valence-electron chi connectivity index (χ3n) is 3.76. The number of hydrogen-bond acceptors (Lipinski definition) is 3. The third kappa shape index (κ3) is 4.18. The van der Waals surface area contributed by atoms with Crippen LogP contribution in [0.3, 0.4) is 0 Å². The van der Waals surface area contributed by atoms with Gasteiger partial charge in [-0.1, -0.05) is 30.8 Å². The molecule has 19 heavy (non-hydrogen) atoms. The summed E-state index contributed by atoms with van der Waals surface area (Å²) in [6.45, 7) is 1.96. The van der Waals surface area contributed by atoms with Gasteiger partial charge in [0.1, 0.15) is 10.7 Å². The summed E-state index contributed by atoms with van der Waals surface area (Å²) in [7, 11) is 2.21. The Hall–Kier alpha value is -1.13. The predicted molar refractivity (Wildman–Crippen MR) is 82.7 cm³/mol. The summed E-state index contributed by atoms with van der Waals surface area (Å²) < 4.78 is 5.81. The molecule has 1 fully saturated rings. The summed E-state index contributed by atoms with van der Waals surface area (Å²) in [5.74, 6) is 0.851. The Balaban J connectivity index is 1.82. The minimum Gasteiger partial charge on any atom is -0.494 e. The summed E-state index contributed by atoms with van der Waals surface area (Å²) in [6.07, 6.45) is 5.02. The van der Waals surface area contributed by atoms with Gasteiger partial charge < -0.3 is 15.4 Å². The van der Waals surface area contributed by atoms with E-state index >= 15 is 0 Å². The van der Waals surface area contributed by atoms with Crippen LogP contribution in [0.25, 0.3) is 0 Å². The molecule has 0 saturated carbocycles. The van der Waals surface area contributed by atoms with Crippen molar-refractivity contribution in [1.82, 2.24) is 4.90 Å². The molecule has 1 heterocycles. The molecule has 1 atom stereocenters. The summed E-state index contributed by atoms with van der Waals surface area (Å²) in [5.41, 5.74) is 6.48. The zero-order chi connectivity index (χ0) is 13.7. The standard InChI is InChI=1S/C15H22N2OS/c1-17-9-3-2-6-13(17)8-10-18-14-7-4-5-12(11-14)15(16)19/h4-5,7,11,13H,2-3,6,8-10H2,1H3,(H2,16,19). The van der Waals surface area contributed by atoms with E-state index in [1.807, 2.05) is 24.3 Å². The van der Waals surface area contributed by atoms with Crippen LogP contribution in [0.1, 0.15) is 31.2 Å². The third-order valence-corrected chi connectivity index (χ3v) is 4.00. The molecule has 2 rings (SSSR count). The first-order valence-corrected chi connectivity index (χ1v) is 7.30. The van der Waals surface area contributed by atoms with Crippen LogP contribution in [0, 0.1) is 0 Å². The van der Waals surface area contributed by atoms with Crippen molar-refractivity contribution in [3.8, 4) is 5.75 Å². The molecule has 1 aliphatic heterocycles. The van der Waals surface area contributed by atoms with Crippen molar-refractivity contribution >= 4 is 17.2 Å². The minimum absolute atomic E-state index is 0.414. The Bertz CT molecular complexity index is 436. The fourth-order valence-electron chi connectivity index (χ4n) is 2.56. The van der Waals surface area contributed by atoms with Crippen LogP contribution >= 0.6 is 12.2 Å². The van der Waals surface area contributed by atoms with E-state index in [-0.39, 0.29) is 0 Å². The number of nitrogens with zero attached hydrogens (tertiary/aromatic N) is 1. The van der Waals surface area contributed by atoms with Gasteiger partial charge >= 0.3 is 0 Å². The monoisotopic (exact) mass is 278 g/mol. The van der Waals surface area contributed by atoms with Crippen molar-refractivity contribution in [3.63, 3.8) is 0 Å². The Morgan fingerprint density at radius 1 is 1.47 bits per heavy atom. The SMILES string of the molecule is CN1CCCCC1CCOc1cccc(C(N)=S)c1. The highest BCUT2D eigenvalue weighted by Crippen LogP contribution is 2.19. The van der Waals surface area contributed by atoms with Crippen molar-refractivity contribution in [3.05, 3.63) is 29.8 Å². The van der Waals surface area contributed by atoms with E-state index in [0.717, 1.165) is 24.3 Å². The van der Waals surface area contributed by atoms with Gasteiger partial charge in [0.05, 0.1) is 6.61 Å². The maximum atomic E-state index is 5.81. The van der Waals surface area contributed by atoms with Crippen LogP contribution in [0.15, 0.2) is 24.3 Å². The average Bonchev–Trinajstić information content (AvgIpc) is 2.41. The molecule has 0 spiro atoms. The van der Waals surface area contributed by atoms with Crippen molar-refractivity contribution in [2.24, 2.45) is 5.73 Å². The van der Waals surface area contributed by atoms with Gasteiger partial charge in [-0.25, -0.2) is 0 Å². The second kappa shape index (κ2) is 6.87. The Kier molecular flexibility index (Phi) is 5.16. The summed E-state index contributed by atoms with van der Waals surface area (Å²) in [6, 6.07) is 8.35. The zero-order valence-corrected chi connectivity index (χ0v) is 12.3. The summed E-state index contributed by atoms with van der Waals surface area (Å²) in [5, 5.41) is 0. The topological polar surface area (TPSA) is 38.5 Å². The Morgan fingerprint density at radius 3 is 3.05 bits per heavy atom. The molecule has 104 valence electrons. The van der Waals surface area contributed by atoms with E-state index < -0.39 is 0 Å². The van der Waals surface area contributed by atoms with Gasteiger partial charge in [-0.3, -0.25) is 0 Å². The molecule has 4 heteroatoms. The van der Waals surface area contributed by atoms with E-state index in [1.54, 1.807) is 0 Å². The number of piperidine rings is 1. The summed E-state index contributed by atoms with van der Waals surface area (Å²) in [4.78, 5) is 2.86. The lowest BCUT2D eigenvalue weighted by atomic mass is 10.0. The highest BCUT2D eigenvalue weighted by molar-refractivity contribution is 7.80. The number of likely N-dealkylation sites (tertiary alicyclic amines) is 1. The number of hydrogen-bond donors (Lipinski definition) is 1. The normalized spacial score (nSPS) is 20.2. The molecule has 1 aromatic carbocycles. The van der Waals surface area contributed by atoms with E-state index in [2.05, 4.69) is 11.9 Å². The zero-order valence-electron chi connectivity index (χ0n) is 11.5. The summed E-state index contributed by atoms with van der Waals surface area (Å²) >= 11 is 4.97. The van der Waals surface area contributed by atoms with E-state index in [0.29, 0.717) is 11.0 Å². The molecule has 3 nitrogen and oxygen atoms in total. The smallest absolute Gasteiger partial charge is 0.119 e. The largest absolute Gasteiger partial charge is 0.494 e. The van der Waals surface area contributed by atoms with Gasteiger partial charge in [0.25, 0.3) is 0 Å². The molecule has 0 radical (unpaired) electrons. The van der Waals surface area contributed by atoms with Gasteiger partial charge in [0.2, 0.25) is 0 Å². The molecule has 1 saturated heterocycles. The number of ether oxygens (including phenoxy) is 1. The lowest BCUT2D eigenvalue weighted by molar-refractivity contribution is 0.153. The van der Waals surface area contributed by atoms with Crippen molar-refractivity contribution in [2.45, 2.75) is 31.7 Å². The van der Waals surface area contributed by atoms with Crippen molar-refractivity contribution in [2.75, 3.05) is 20.2 Å². The van der Waals surface area contributed by atoms with Crippen molar-refractivity contribution < 1.29 is 4.74 Å².